The molecule has 4 heteroatoms. The van der Waals surface area contributed by atoms with Crippen molar-refractivity contribution in [2.45, 2.75) is 13.5 Å². The Morgan fingerprint density at radius 2 is 1.75 bits per heavy atom. The van der Waals surface area contributed by atoms with Crippen molar-refractivity contribution in [3.63, 3.8) is 0 Å². The van der Waals surface area contributed by atoms with Crippen LogP contribution in [0.1, 0.15) is 21.5 Å². The smallest absolute Gasteiger partial charge is 0.256 e. The Morgan fingerprint density at radius 3 is 2.50 bits per heavy atom. The van der Waals surface area contributed by atoms with E-state index < -0.39 is 0 Å². The highest BCUT2D eigenvalue weighted by Gasteiger charge is 2.11. The fourth-order valence-corrected chi connectivity index (χ4v) is 2.22. The van der Waals surface area contributed by atoms with Crippen LogP contribution in [0.3, 0.4) is 0 Å². The summed E-state index contributed by atoms with van der Waals surface area (Å²) in [5.41, 5.74) is 2.74. The molecule has 0 radical (unpaired) electrons. The highest BCUT2D eigenvalue weighted by Crippen LogP contribution is 2.22. The monoisotopic (exact) mass is 318 g/mol. The Morgan fingerprint density at radius 1 is 1.00 bits per heavy atom. The Labute approximate surface area is 141 Å². The van der Waals surface area contributed by atoms with Gasteiger partial charge < -0.3 is 10.1 Å². The molecule has 0 saturated carbocycles. The van der Waals surface area contributed by atoms with Crippen molar-refractivity contribution in [1.82, 2.24) is 4.98 Å². The molecule has 0 aliphatic carbocycles. The standard InChI is InChI=1S/C20H18N2O2/c1-15-9-11-17(12-10-15)20(23)22-19-18(8-5-13-21-19)24-14-16-6-3-2-4-7-16/h2-13H,14H2,1H3,(H,21,22,23). The molecule has 1 aromatic heterocycles. The Balaban J connectivity index is 1.71. The zero-order valence-corrected chi connectivity index (χ0v) is 13.4. The molecular formula is C20H18N2O2. The van der Waals surface area contributed by atoms with Crippen LogP contribution in [0, 0.1) is 6.92 Å². The van der Waals surface area contributed by atoms with E-state index in [4.69, 9.17) is 4.74 Å². The minimum atomic E-state index is -0.210. The van der Waals surface area contributed by atoms with Gasteiger partial charge in [-0.15, -0.1) is 0 Å². The van der Waals surface area contributed by atoms with E-state index in [1.165, 1.54) is 0 Å². The van der Waals surface area contributed by atoms with Crippen molar-refractivity contribution in [1.29, 1.82) is 0 Å². The summed E-state index contributed by atoms with van der Waals surface area (Å²) in [6.45, 7) is 2.40. The second-order valence-corrected chi connectivity index (χ2v) is 5.44. The fraction of sp³-hybridized carbons (Fsp3) is 0.100. The lowest BCUT2D eigenvalue weighted by molar-refractivity contribution is 0.102. The topological polar surface area (TPSA) is 51.2 Å². The molecule has 0 bridgehead atoms. The van der Waals surface area contributed by atoms with Crippen molar-refractivity contribution in [3.05, 3.63) is 89.6 Å². The average molecular weight is 318 g/mol. The number of pyridine rings is 1. The SMILES string of the molecule is Cc1ccc(C(=O)Nc2ncccc2OCc2ccccc2)cc1. The lowest BCUT2D eigenvalue weighted by atomic mass is 10.1. The van der Waals surface area contributed by atoms with Crippen molar-refractivity contribution in [2.24, 2.45) is 0 Å². The highest BCUT2D eigenvalue weighted by atomic mass is 16.5. The third kappa shape index (κ3) is 3.98. The number of anilines is 1. The third-order valence-corrected chi connectivity index (χ3v) is 3.55. The minimum Gasteiger partial charge on any atom is -0.485 e. The number of amides is 1. The number of aromatic nitrogens is 1. The highest BCUT2D eigenvalue weighted by molar-refractivity contribution is 6.04. The molecule has 1 heterocycles. The summed E-state index contributed by atoms with van der Waals surface area (Å²) in [7, 11) is 0. The van der Waals surface area contributed by atoms with E-state index in [1.807, 2.05) is 49.4 Å². The molecule has 4 nitrogen and oxygen atoms in total. The molecule has 3 rings (SSSR count). The van der Waals surface area contributed by atoms with Crippen LogP contribution in [-0.4, -0.2) is 10.9 Å². The van der Waals surface area contributed by atoms with Crippen molar-refractivity contribution in [3.8, 4) is 5.75 Å². The molecule has 0 aliphatic rings. The molecule has 3 aromatic rings. The van der Waals surface area contributed by atoms with Gasteiger partial charge in [-0.3, -0.25) is 4.79 Å². The number of nitrogens with zero attached hydrogens (tertiary/aromatic N) is 1. The largest absolute Gasteiger partial charge is 0.485 e. The first-order valence-electron chi connectivity index (χ1n) is 7.72. The van der Waals surface area contributed by atoms with Crippen LogP contribution in [0.25, 0.3) is 0 Å². The number of ether oxygens (including phenoxy) is 1. The minimum absolute atomic E-state index is 0.210. The number of nitrogens with one attached hydrogen (secondary N) is 1. The van der Waals surface area contributed by atoms with Gasteiger partial charge in [0.05, 0.1) is 0 Å². The van der Waals surface area contributed by atoms with E-state index in [1.54, 1.807) is 30.5 Å². The van der Waals surface area contributed by atoms with Gasteiger partial charge in [0.1, 0.15) is 6.61 Å². The molecule has 0 aliphatic heterocycles. The van der Waals surface area contributed by atoms with Gasteiger partial charge in [-0.2, -0.15) is 0 Å². The van der Waals surface area contributed by atoms with E-state index in [2.05, 4.69) is 10.3 Å². The van der Waals surface area contributed by atoms with E-state index in [0.29, 0.717) is 23.7 Å². The number of rotatable bonds is 5. The molecule has 1 N–H and O–H groups in total. The predicted molar refractivity (Wildman–Crippen MR) is 94.1 cm³/mol. The van der Waals surface area contributed by atoms with Gasteiger partial charge in [0.15, 0.2) is 11.6 Å². The molecule has 2 aromatic carbocycles. The molecular weight excluding hydrogens is 300 g/mol. The van der Waals surface area contributed by atoms with Crippen molar-refractivity contribution in [2.75, 3.05) is 5.32 Å². The maximum atomic E-state index is 12.3. The van der Waals surface area contributed by atoms with Gasteiger partial charge >= 0.3 is 0 Å². The summed E-state index contributed by atoms with van der Waals surface area (Å²) >= 11 is 0. The lowest BCUT2D eigenvalue weighted by Gasteiger charge is -2.11. The van der Waals surface area contributed by atoms with E-state index in [9.17, 15) is 4.79 Å². The van der Waals surface area contributed by atoms with E-state index in [0.717, 1.165) is 11.1 Å². The fourth-order valence-electron chi connectivity index (χ4n) is 2.22. The van der Waals surface area contributed by atoms with E-state index >= 15 is 0 Å². The zero-order valence-electron chi connectivity index (χ0n) is 13.4. The molecule has 0 atom stereocenters. The molecule has 0 unspecified atom stereocenters. The van der Waals surface area contributed by atoms with Gasteiger partial charge in [-0.25, -0.2) is 4.98 Å². The van der Waals surface area contributed by atoms with Gasteiger partial charge in [0.2, 0.25) is 0 Å². The van der Waals surface area contributed by atoms with Crippen LogP contribution in [0.15, 0.2) is 72.9 Å². The van der Waals surface area contributed by atoms with Crippen LogP contribution in [0.5, 0.6) is 5.75 Å². The Kier molecular flexibility index (Phi) is 4.87. The van der Waals surface area contributed by atoms with Gasteiger partial charge in [-0.05, 0) is 36.8 Å². The maximum Gasteiger partial charge on any atom is 0.256 e. The molecule has 24 heavy (non-hydrogen) atoms. The number of hydrogen-bond donors (Lipinski definition) is 1. The molecule has 0 fully saturated rings. The molecule has 1 amide bonds. The van der Waals surface area contributed by atoms with Crippen molar-refractivity contribution >= 4 is 11.7 Å². The number of carbonyl (C=O) groups is 1. The first-order valence-corrected chi connectivity index (χ1v) is 7.72. The third-order valence-electron chi connectivity index (χ3n) is 3.55. The normalized spacial score (nSPS) is 10.2. The van der Waals surface area contributed by atoms with Crippen LogP contribution < -0.4 is 10.1 Å². The van der Waals surface area contributed by atoms with Crippen LogP contribution in [0.2, 0.25) is 0 Å². The van der Waals surface area contributed by atoms with Gasteiger partial charge in [0, 0.05) is 11.8 Å². The zero-order chi connectivity index (χ0) is 16.8. The van der Waals surface area contributed by atoms with E-state index in [-0.39, 0.29) is 5.91 Å². The molecule has 120 valence electrons. The summed E-state index contributed by atoms with van der Waals surface area (Å²) in [5.74, 6) is 0.749. The lowest BCUT2D eigenvalue weighted by Crippen LogP contribution is -2.14. The summed E-state index contributed by atoms with van der Waals surface area (Å²) in [6.07, 6.45) is 1.63. The summed E-state index contributed by atoms with van der Waals surface area (Å²) in [5, 5.41) is 2.81. The quantitative estimate of drug-likeness (QED) is 0.766. The predicted octanol–water partition coefficient (Wildman–Crippen LogP) is 4.22. The Hall–Kier alpha value is -3.14. The van der Waals surface area contributed by atoms with Crippen molar-refractivity contribution < 1.29 is 9.53 Å². The second-order valence-electron chi connectivity index (χ2n) is 5.44. The number of benzene rings is 2. The van der Waals surface area contributed by atoms with Gasteiger partial charge in [-0.1, -0.05) is 48.0 Å². The second kappa shape index (κ2) is 7.42. The Bertz CT molecular complexity index is 815. The summed E-state index contributed by atoms with van der Waals surface area (Å²) in [4.78, 5) is 16.6. The first kappa shape index (κ1) is 15.7. The number of aryl methyl sites for hydroxylation is 1. The molecule has 0 saturated heterocycles. The number of carbonyl (C=O) groups excluding carboxylic acids is 1. The first-order chi connectivity index (χ1) is 11.7. The van der Waals surface area contributed by atoms with Crippen LogP contribution in [-0.2, 0) is 6.61 Å². The van der Waals surface area contributed by atoms with Crippen LogP contribution >= 0.6 is 0 Å². The van der Waals surface area contributed by atoms with Gasteiger partial charge in [0.25, 0.3) is 5.91 Å². The molecule has 0 spiro atoms. The van der Waals surface area contributed by atoms with Crippen LogP contribution in [0.4, 0.5) is 5.82 Å². The maximum absolute atomic E-state index is 12.3. The average Bonchev–Trinajstić information content (AvgIpc) is 2.62. The summed E-state index contributed by atoms with van der Waals surface area (Å²) < 4.78 is 5.80. The number of hydrogen-bond acceptors (Lipinski definition) is 3. The summed E-state index contributed by atoms with van der Waals surface area (Å²) in [6, 6.07) is 20.8.